The molecular weight excluding hydrogens is 382 g/mol. The van der Waals surface area contributed by atoms with Crippen molar-refractivity contribution < 1.29 is 9.53 Å². The van der Waals surface area contributed by atoms with Gasteiger partial charge in [-0.15, -0.1) is 0 Å². The Kier molecular flexibility index (Phi) is 3.08. The van der Waals surface area contributed by atoms with E-state index in [4.69, 9.17) is 4.74 Å². The van der Waals surface area contributed by atoms with E-state index in [1.165, 1.54) is 0 Å². The normalized spacial score (nSPS) is 18.6. The Morgan fingerprint density at radius 2 is 1.52 bits per heavy atom. The molecule has 31 heavy (non-hydrogen) atoms. The summed E-state index contributed by atoms with van der Waals surface area (Å²) in [6.45, 7) is 0. The largest absolute Gasteiger partial charge is 0.457 e. The van der Waals surface area contributed by atoms with Crippen LogP contribution in [0.4, 0.5) is 0 Å². The molecule has 1 aliphatic carbocycles. The number of aromatic amines is 1. The second kappa shape index (κ2) is 5.73. The molecule has 0 radical (unpaired) electrons. The molecule has 3 nitrogen and oxygen atoms in total. The van der Waals surface area contributed by atoms with Crippen molar-refractivity contribution in [3.8, 4) is 11.5 Å². The molecule has 3 heteroatoms. The smallest absolute Gasteiger partial charge is 0.175 e. The topological polar surface area (TPSA) is 42.1 Å². The second-order valence-electron chi connectivity index (χ2n) is 8.18. The maximum absolute atomic E-state index is 14.1. The van der Waals surface area contributed by atoms with Crippen molar-refractivity contribution in [1.82, 2.24) is 4.98 Å². The van der Waals surface area contributed by atoms with Gasteiger partial charge in [-0.1, -0.05) is 66.7 Å². The van der Waals surface area contributed by atoms with Gasteiger partial charge in [0, 0.05) is 33.8 Å². The number of fused-ring (bicyclic) bond motifs is 5. The molecule has 4 aromatic carbocycles. The lowest BCUT2D eigenvalue weighted by atomic mass is 9.61. The van der Waals surface area contributed by atoms with Gasteiger partial charge in [0.2, 0.25) is 0 Å². The van der Waals surface area contributed by atoms with Gasteiger partial charge in [0.15, 0.2) is 5.78 Å². The molecule has 0 fully saturated rings. The highest BCUT2D eigenvalue weighted by molar-refractivity contribution is 6.16. The summed E-state index contributed by atoms with van der Waals surface area (Å²) in [5, 5.41) is 3.18. The van der Waals surface area contributed by atoms with Crippen molar-refractivity contribution in [2.45, 2.75) is 5.41 Å². The molecule has 0 saturated heterocycles. The third-order valence-corrected chi connectivity index (χ3v) is 6.70. The molecule has 146 valence electrons. The first-order chi connectivity index (χ1) is 15.3. The molecule has 0 bridgehead atoms. The average molecular weight is 399 g/mol. The summed E-state index contributed by atoms with van der Waals surface area (Å²) < 4.78 is 6.42. The van der Waals surface area contributed by atoms with E-state index in [0.29, 0.717) is 0 Å². The Morgan fingerprint density at radius 1 is 0.710 bits per heavy atom. The van der Waals surface area contributed by atoms with Gasteiger partial charge in [0.25, 0.3) is 0 Å². The lowest BCUT2D eigenvalue weighted by Gasteiger charge is -2.41. The molecule has 1 aromatic heterocycles. The van der Waals surface area contributed by atoms with Gasteiger partial charge in [-0.3, -0.25) is 4.79 Å². The fourth-order valence-corrected chi connectivity index (χ4v) is 5.46. The number of hydrogen-bond acceptors (Lipinski definition) is 2. The monoisotopic (exact) mass is 399 g/mol. The number of para-hydroxylation sites is 1. The van der Waals surface area contributed by atoms with Crippen LogP contribution >= 0.6 is 0 Å². The van der Waals surface area contributed by atoms with Crippen molar-refractivity contribution in [2.24, 2.45) is 0 Å². The summed E-state index contributed by atoms with van der Waals surface area (Å²) in [6.07, 6.45) is 5.64. The van der Waals surface area contributed by atoms with E-state index in [1.807, 2.05) is 54.7 Å². The van der Waals surface area contributed by atoms with E-state index in [2.05, 4.69) is 41.4 Å². The van der Waals surface area contributed by atoms with E-state index in [9.17, 15) is 4.79 Å². The van der Waals surface area contributed by atoms with E-state index in [0.717, 1.165) is 55.4 Å². The van der Waals surface area contributed by atoms with Crippen LogP contribution in [-0.4, -0.2) is 10.8 Å². The molecule has 1 atom stereocenters. The Morgan fingerprint density at radius 3 is 2.45 bits per heavy atom. The fraction of sp³-hybridized carbons (Fsp3) is 0.0357. The van der Waals surface area contributed by atoms with Crippen LogP contribution in [0.5, 0.6) is 11.5 Å². The van der Waals surface area contributed by atoms with Crippen LogP contribution in [0.1, 0.15) is 22.3 Å². The molecule has 5 aromatic rings. The highest BCUT2D eigenvalue weighted by atomic mass is 16.5. The molecule has 2 aliphatic rings. The van der Waals surface area contributed by atoms with Gasteiger partial charge >= 0.3 is 0 Å². The van der Waals surface area contributed by atoms with Crippen LogP contribution in [0.15, 0.2) is 91.1 Å². The number of H-pyrrole nitrogens is 1. The second-order valence-corrected chi connectivity index (χ2v) is 8.18. The standard InChI is InChI=1S/C28H17NO2/c30-25-15-13-18-7-5-11-23-26(18)28(25,21-16-29-22-10-4-3-9-20(21)22)27-19-8-2-1-6-17(19)12-14-24(27)31-23/h1-16,29H. The first kappa shape index (κ1) is 16.7. The fourth-order valence-electron chi connectivity index (χ4n) is 5.46. The number of rotatable bonds is 1. The lowest BCUT2D eigenvalue weighted by molar-refractivity contribution is -0.117. The zero-order valence-corrected chi connectivity index (χ0v) is 16.6. The number of carbonyl (C=O) groups is 1. The van der Waals surface area contributed by atoms with E-state index in [1.54, 1.807) is 6.08 Å². The number of benzene rings is 4. The Balaban J connectivity index is 1.75. The minimum atomic E-state index is -0.977. The predicted molar refractivity (Wildman–Crippen MR) is 123 cm³/mol. The highest BCUT2D eigenvalue weighted by Crippen LogP contribution is 2.58. The predicted octanol–water partition coefficient (Wildman–Crippen LogP) is 6.36. The Hall–Kier alpha value is -4.11. The maximum atomic E-state index is 14.1. The molecule has 1 aliphatic heterocycles. The first-order valence-electron chi connectivity index (χ1n) is 10.4. The van der Waals surface area contributed by atoms with Crippen LogP contribution in [0.25, 0.3) is 27.8 Å². The van der Waals surface area contributed by atoms with Gasteiger partial charge < -0.3 is 9.72 Å². The molecule has 2 heterocycles. The molecule has 0 saturated carbocycles. The minimum absolute atomic E-state index is 0.0538. The van der Waals surface area contributed by atoms with Gasteiger partial charge in [0.1, 0.15) is 16.9 Å². The number of aromatic nitrogens is 1. The van der Waals surface area contributed by atoms with E-state index >= 15 is 0 Å². The molecular formula is C28H17NO2. The quantitative estimate of drug-likeness (QED) is 0.356. The van der Waals surface area contributed by atoms with Crippen molar-refractivity contribution in [2.75, 3.05) is 0 Å². The SMILES string of the molecule is O=C1C=Cc2cccc3c2C1(c1c[nH]c2ccccc12)c1c(ccc2ccccc12)O3. The summed E-state index contributed by atoms with van der Waals surface area (Å²) in [7, 11) is 0. The van der Waals surface area contributed by atoms with Crippen LogP contribution in [0.3, 0.4) is 0 Å². The minimum Gasteiger partial charge on any atom is -0.457 e. The summed E-state index contributed by atoms with van der Waals surface area (Å²) in [4.78, 5) is 17.5. The summed E-state index contributed by atoms with van der Waals surface area (Å²) in [6, 6.07) is 26.5. The average Bonchev–Trinajstić information content (AvgIpc) is 3.25. The number of hydrogen-bond donors (Lipinski definition) is 1. The number of ketones is 1. The Bertz CT molecular complexity index is 1590. The molecule has 0 amide bonds. The van der Waals surface area contributed by atoms with Crippen molar-refractivity contribution >= 4 is 33.5 Å². The zero-order chi connectivity index (χ0) is 20.6. The first-order valence-corrected chi connectivity index (χ1v) is 10.4. The number of nitrogens with one attached hydrogen (secondary N) is 1. The highest BCUT2D eigenvalue weighted by Gasteiger charge is 2.53. The number of carbonyl (C=O) groups excluding carboxylic acids is 1. The van der Waals surface area contributed by atoms with Crippen molar-refractivity contribution in [1.29, 1.82) is 0 Å². The Labute approximate surface area is 178 Å². The molecule has 0 spiro atoms. The van der Waals surface area contributed by atoms with Crippen molar-refractivity contribution in [3.63, 3.8) is 0 Å². The number of allylic oxidation sites excluding steroid dienone is 1. The van der Waals surface area contributed by atoms with Gasteiger partial charge in [0.05, 0.1) is 0 Å². The third kappa shape index (κ3) is 1.96. The van der Waals surface area contributed by atoms with Gasteiger partial charge in [-0.2, -0.15) is 0 Å². The van der Waals surface area contributed by atoms with Crippen LogP contribution in [-0.2, 0) is 10.2 Å². The van der Waals surface area contributed by atoms with Gasteiger partial charge in [-0.25, -0.2) is 0 Å². The van der Waals surface area contributed by atoms with Crippen molar-refractivity contribution in [3.05, 3.63) is 113 Å². The van der Waals surface area contributed by atoms with Crippen LogP contribution in [0.2, 0.25) is 0 Å². The summed E-state index contributed by atoms with van der Waals surface area (Å²) in [5.41, 5.74) is 3.87. The number of ether oxygens (including phenoxy) is 1. The zero-order valence-electron chi connectivity index (χ0n) is 16.6. The molecule has 1 unspecified atom stereocenters. The molecule has 1 N–H and O–H groups in total. The van der Waals surface area contributed by atoms with E-state index < -0.39 is 5.41 Å². The third-order valence-electron chi connectivity index (χ3n) is 6.70. The van der Waals surface area contributed by atoms with E-state index in [-0.39, 0.29) is 5.78 Å². The summed E-state index contributed by atoms with van der Waals surface area (Å²) in [5.74, 6) is 1.53. The molecule has 7 rings (SSSR count). The lowest BCUT2D eigenvalue weighted by Crippen LogP contribution is -2.42. The maximum Gasteiger partial charge on any atom is 0.175 e. The van der Waals surface area contributed by atoms with Gasteiger partial charge in [-0.05, 0) is 40.6 Å². The van der Waals surface area contributed by atoms with Crippen LogP contribution < -0.4 is 4.74 Å². The van der Waals surface area contributed by atoms with Crippen LogP contribution in [0, 0.1) is 0 Å². The summed E-state index contributed by atoms with van der Waals surface area (Å²) >= 11 is 0.